The van der Waals surface area contributed by atoms with Crippen molar-refractivity contribution in [3.63, 3.8) is 0 Å². The molecule has 8 heteroatoms. The van der Waals surface area contributed by atoms with Gasteiger partial charge in [0.2, 0.25) is 0 Å². The summed E-state index contributed by atoms with van der Waals surface area (Å²) in [5.41, 5.74) is 2.04. The highest BCUT2D eigenvalue weighted by molar-refractivity contribution is 7.22. The number of hydrogen-bond acceptors (Lipinski definition) is 5. The molecule has 1 aliphatic heterocycles. The van der Waals surface area contributed by atoms with E-state index in [0.717, 1.165) is 54.0 Å². The average Bonchev–Trinajstić information content (AvgIpc) is 3.16. The van der Waals surface area contributed by atoms with Gasteiger partial charge in [-0.15, -0.1) is 0 Å². The minimum atomic E-state index is -1.03. The molecule has 3 aromatic rings. The van der Waals surface area contributed by atoms with Gasteiger partial charge in [-0.05, 0) is 49.2 Å². The van der Waals surface area contributed by atoms with Crippen LogP contribution in [-0.2, 0) is 4.74 Å². The van der Waals surface area contributed by atoms with E-state index < -0.39 is 11.6 Å². The Labute approximate surface area is 177 Å². The van der Waals surface area contributed by atoms with Crippen LogP contribution in [0.15, 0.2) is 36.4 Å². The van der Waals surface area contributed by atoms with E-state index in [0.29, 0.717) is 24.9 Å². The average molecular weight is 432 g/mol. The van der Waals surface area contributed by atoms with E-state index in [-0.39, 0.29) is 11.5 Å². The number of amides is 1. The Morgan fingerprint density at radius 2 is 1.97 bits per heavy atom. The molecule has 30 heavy (non-hydrogen) atoms. The molecule has 0 radical (unpaired) electrons. The van der Waals surface area contributed by atoms with Gasteiger partial charge in [-0.2, -0.15) is 0 Å². The van der Waals surface area contributed by atoms with Crippen molar-refractivity contribution in [3.05, 3.63) is 59.2 Å². The van der Waals surface area contributed by atoms with Crippen molar-refractivity contribution >= 4 is 32.6 Å². The standard InChI is InChI=1S/C22H23F2N3O2S/c1-15-3-6-19-20(13-15)30-22(25-19)27(8-2-7-26-9-11-29-12-10-26)21(28)16-4-5-17(23)18(24)14-16/h3-6,13-14H,2,7-12H2,1H3. The van der Waals surface area contributed by atoms with E-state index in [9.17, 15) is 13.6 Å². The lowest BCUT2D eigenvalue weighted by atomic mass is 10.2. The van der Waals surface area contributed by atoms with E-state index in [2.05, 4.69) is 9.88 Å². The summed E-state index contributed by atoms with van der Waals surface area (Å²) in [7, 11) is 0. The zero-order chi connectivity index (χ0) is 21.1. The number of carbonyl (C=O) groups is 1. The van der Waals surface area contributed by atoms with E-state index in [1.165, 1.54) is 17.4 Å². The third-order valence-electron chi connectivity index (χ3n) is 5.14. The van der Waals surface area contributed by atoms with Gasteiger partial charge in [0.15, 0.2) is 16.8 Å². The Kier molecular flexibility index (Phi) is 6.36. The second kappa shape index (κ2) is 9.16. The third-order valence-corrected chi connectivity index (χ3v) is 6.18. The summed E-state index contributed by atoms with van der Waals surface area (Å²) in [6.45, 7) is 6.45. The Bertz CT molecular complexity index is 1050. The lowest BCUT2D eigenvalue weighted by Gasteiger charge is -2.27. The number of anilines is 1. The van der Waals surface area contributed by atoms with E-state index >= 15 is 0 Å². The van der Waals surface area contributed by atoms with Crippen molar-refractivity contribution < 1.29 is 18.3 Å². The van der Waals surface area contributed by atoms with Crippen molar-refractivity contribution in [1.29, 1.82) is 0 Å². The number of aryl methyl sites for hydroxylation is 1. The number of ether oxygens (including phenoxy) is 1. The minimum Gasteiger partial charge on any atom is -0.379 e. The molecule has 1 aliphatic rings. The van der Waals surface area contributed by atoms with Gasteiger partial charge in [0.1, 0.15) is 0 Å². The summed E-state index contributed by atoms with van der Waals surface area (Å²) in [4.78, 5) is 21.7. The van der Waals surface area contributed by atoms with Crippen LogP contribution in [0, 0.1) is 18.6 Å². The number of hydrogen-bond donors (Lipinski definition) is 0. The number of carbonyl (C=O) groups excluding carboxylic acids is 1. The van der Waals surface area contributed by atoms with Crippen molar-refractivity contribution in [2.24, 2.45) is 0 Å². The Hall–Kier alpha value is -2.42. The molecule has 0 N–H and O–H groups in total. The number of nitrogens with zero attached hydrogens (tertiary/aromatic N) is 3. The molecule has 2 heterocycles. The van der Waals surface area contributed by atoms with Crippen LogP contribution >= 0.6 is 11.3 Å². The van der Waals surface area contributed by atoms with Crippen LogP contribution in [-0.4, -0.2) is 55.2 Å². The zero-order valence-electron chi connectivity index (χ0n) is 16.7. The van der Waals surface area contributed by atoms with Gasteiger partial charge < -0.3 is 4.74 Å². The largest absolute Gasteiger partial charge is 0.379 e. The number of morpholine rings is 1. The summed E-state index contributed by atoms with van der Waals surface area (Å²) in [5, 5.41) is 0.562. The van der Waals surface area contributed by atoms with Gasteiger partial charge in [-0.1, -0.05) is 17.4 Å². The van der Waals surface area contributed by atoms with Gasteiger partial charge >= 0.3 is 0 Å². The first-order valence-corrected chi connectivity index (χ1v) is 10.8. The highest BCUT2D eigenvalue weighted by Gasteiger charge is 2.23. The quantitative estimate of drug-likeness (QED) is 0.585. The molecule has 1 aromatic heterocycles. The number of aromatic nitrogens is 1. The maximum Gasteiger partial charge on any atom is 0.260 e. The van der Waals surface area contributed by atoms with Crippen molar-refractivity contribution in [3.8, 4) is 0 Å². The van der Waals surface area contributed by atoms with Crippen molar-refractivity contribution in [2.75, 3.05) is 44.3 Å². The molecule has 1 amide bonds. The van der Waals surface area contributed by atoms with Crippen LogP contribution in [0.25, 0.3) is 10.2 Å². The smallest absolute Gasteiger partial charge is 0.260 e. The van der Waals surface area contributed by atoms with Crippen LogP contribution in [0.4, 0.5) is 13.9 Å². The van der Waals surface area contributed by atoms with E-state index in [4.69, 9.17) is 4.74 Å². The van der Waals surface area contributed by atoms with Gasteiger partial charge in [0.05, 0.1) is 23.4 Å². The molecule has 0 bridgehead atoms. The molecular weight excluding hydrogens is 408 g/mol. The number of halogens is 2. The normalized spacial score (nSPS) is 14.9. The molecule has 0 saturated carbocycles. The summed E-state index contributed by atoms with van der Waals surface area (Å²) in [6, 6.07) is 9.18. The maximum atomic E-state index is 13.7. The topological polar surface area (TPSA) is 45.7 Å². The van der Waals surface area contributed by atoms with Gasteiger partial charge in [-0.3, -0.25) is 14.6 Å². The summed E-state index contributed by atoms with van der Waals surface area (Å²) in [5.74, 6) is -2.39. The molecule has 1 fully saturated rings. The van der Waals surface area contributed by atoms with Crippen LogP contribution < -0.4 is 4.90 Å². The lowest BCUT2D eigenvalue weighted by Crippen LogP contribution is -2.39. The first-order chi connectivity index (χ1) is 14.5. The highest BCUT2D eigenvalue weighted by Crippen LogP contribution is 2.30. The predicted octanol–water partition coefficient (Wildman–Crippen LogP) is 4.25. The number of thiazole rings is 1. The maximum absolute atomic E-state index is 13.7. The van der Waals surface area contributed by atoms with E-state index in [1.54, 1.807) is 4.90 Å². The van der Waals surface area contributed by atoms with Crippen LogP contribution in [0.3, 0.4) is 0 Å². The van der Waals surface area contributed by atoms with Gasteiger partial charge in [0, 0.05) is 31.7 Å². The Morgan fingerprint density at radius 1 is 1.17 bits per heavy atom. The molecule has 4 rings (SSSR count). The van der Waals surface area contributed by atoms with Crippen LogP contribution in [0.5, 0.6) is 0 Å². The van der Waals surface area contributed by atoms with Gasteiger partial charge in [0.25, 0.3) is 5.91 Å². The number of rotatable bonds is 6. The molecule has 1 saturated heterocycles. The Morgan fingerprint density at radius 3 is 2.73 bits per heavy atom. The molecule has 5 nitrogen and oxygen atoms in total. The first-order valence-electron chi connectivity index (χ1n) is 9.95. The van der Waals surface area contributed by atoms with Crippen LogP contribution in [0.2, 0.25) is 0 Å². The Balaban J connectivity index is 1.58. The molecule has 0 aliphatic carbocycles. The fraction of sp³-hybridized carbons (Fsp3) is 0.364. The molecule has 2 aromatic carbocycles. The molecule has 158 valence electrons. The second-order valence-corrected chi connectivity index (χ2v) is 8.37. The number of fused-ring (bicyclic) bond motifs is 1. The molecular formula is C22H23F2N3O2S. The fourth-order valence-corrected chi connectivity index (χ4v) is 4.57. The summed E-state index contributed by atoms with van der Waals surface area (Å²) in [6.07, 6.45) is 0.740. The molecule has 0 atom stereocenters. The minimum absolute atomic E-state index is 0.107. The fourth-order valence-electron chi connectivity index (χ4n) is 3.48. The SMILES string of the molecule is Cc1ccc2nc(N(CCCN3CCOCC3)C(=O)c3ccc(F)c(F)c3)sc2c1. The second-order valence-electron chi connectivity index (χ2n) is 7.36. The van der Waals surface area contributed by atoms with Crippen LogP contribution in [0.1, 0.15) is 22.3 Å². The van der Waals surface area contributed by atoms with Gasteiger partial charge in [-0.25, -0.2) is 13.8 Å². The summed E-state index contributed by atoms with van der Waals surface area (Å²) >= 11 is 1.43. The third kappa shape index (κ3) is 4.66. The number of benzene rings is 2. The monoisotopic (exact) mass is 431 g/mol. The van der Waals surface area contributed by atoms with Crippen molar-refractivity contribution in [2.45, 2.75) is 13.3 Å². The zero-order valence-corrected chi connectivity index (χ0v) is 17.6. The summed E-state index contributed by atoms with van der Waals surface area (Å²) < 4.78 is 33.4. The predicted molar refractivity (Wildman–Crippen MR) is 114 cm³/mol. The van der Waals surface area contributed by atoms with E-state index in [1.807, 2.05) is 25.1 Å². The first kappa shape index (κ1) is 20.8. The highest BCUT2D eigenvalue weighted by atomic mass is 32.1. The van der Waals surface area contributed by atoms with Crippen molar-refractivity contribution in [1.82, 2.24) is 9.88 Å². The molecule has 0 unspecified atom stereocenters. The lowest BCUT2D eigenvalue weighted by molar-refractivity contribution is 0.0376. The molecule has 0 spiro atoms.